The highest BCUT2D eigenvalue weighted by Gasteiger charge is 2.23. The average Bonchev–Trinajstić information content (AvgIpc) is 2.82. The molecule has 186 valence electrons. The first kappa shape index (κ1) is 27.9. The van der Waals surface area contributed by atoms with Gasteiger partial charge in [0.1, 0.15) is 0 Å². The highest BCUT2D eigenvalue weighted by atomic mass is 127. The van der Waals surface area contributed by atoms with Crippen LogP contribution in [0.3, 0.4) is 0 Å². The minimum absolute atomic E-state index is 0. The van der Waals surface area contributed by atoms with Gasteiger partial charge in [-0.2, -0.15) is 0 Å². The zero-order valence-electron chi connectivity index (χ0n) is 20.2. The van der Waals surface area contributed by atoms with Crippen LogP contribution in [0.2, 0.25) is 0 Å². The summed E-state index contributed by atoms with van der Waals surface area (Å²) < 4.78 is 11.9. The molecule has 1 aromatic carbocycles. The van der Waals surface area contributed by atoms with Gasteiger partial charge in [-0.25, -0.2) is 4.99 Å². The number of nitrogens with zero attached hydrogens (tertiary/aromatic N) is 2. The molecule has 8 heteroatoms. The summed E-state index contributed by atoms with van der Waals surface area (Å²) in [6.45, 7) is 9.00. The highest BCUT2D eigenvalue weighted by Crippen LogP contribution is 2.18. The van der Waals surface area contributed by atoms with Crippen LogP contribution in [0, 0.1) is 0 Å². The minimum atomic E-state index is 0. The number of likely N-dealkylation sites (tertiary alicyclic amines) is 1. The van der Waals surface area contributed by atoms with Crippen LogP contribution >= 0.6 is 24.0 Å². The van der Waals surface area contributed by atoms with Crippen molar-refractivity contribution in [3.05, 3.63) is 29.8 Å². The van der Waals surface area contributed by atoms with Crippen molar-refractivity contribution in [3.8, 4) is 0 Å². The summed E-state index contributed by atoms with van der Waals surface area (Å²) in [5, 5.41) is 6.39. The third kappa shape index (κ3) is 9.78. The number of amides is 1. The number of carbonyl (C=O) groups excluding carboxylic acids is 1. The third-order valence-corrected chi connectivity index (χ3v) is 5.97. The SMILES string of the molecule is CCCC(=O)Nc1cccc(CN=C(NCC)N2CCC(OCC3CCCCO3)CC2)c1.I. The predicted molar refractivity (Wildman–Crippen MR) is 144 cm³/mol. The second-order valence-electron chi connectivity index (χ2n) is 8.68. The van der Waals surface area contributed by atoms with Crippen molar-refractivity contribution < 1.29 is 14.3 Å². The molecule has 3 rings (SSSR count). The van der Waals surface area contributed by atoms with E-state index in [4.69, 9.17) is 14.5 Å². The van der Waals surface area contributed by atoms with Crippen molar-refractivity contribution in [3.63, 3.8) is 0 Å². The quantitative estimate of drug-likeness (QED) is 0.258. The molecule has 0 radical (unpaired) electrons. The van der Waals surface area contributed by atoms with Crippen LogP contribution in [0.25, 0.3) is 0 Å². The third-order valence-electron chi connectivity index (χ3n) is 5.97. The molecule has 2 heterocycles. The molecule has 1 atom stereocenters. The van der Waals surface area contributed by atoms with E-state index in [1.807, 2.05) is 25.1 Å². The molecule has 2 aliphatic heterocycles. The van der Waals surface area contributed by atoms with Crippen LogP contribution in [0.5, 0.6) is 0 Å². The molecule has 33 heavy (non-hydrogen) atoms. The topological polar surface area (TPSA) is 75.2 Å². The number of rotatable bonds is 9. The zero-order valence-corrected chi connectivity index (χ0v) is 22.5. The molecule has 0 saturated carbocycles. The number of benzene rings is 1. The number of piperidine rings is 1. The average molecular weight is 573 g/mol. The summed E-state index contributed by atoms with van der Waals surface area (Å²) in [6, 6.07) is 7.96. The lowest BCUT2D eigenvalue weighted by Crippen LogP contribution is -2.47. The first-order valence-corrected chi connectivity index (χ1v) is 12.3. The minimum Gasteiger partial charge on any atom is -0.376 e. The number of aliphatic imine (C=N–C) groups is 1. The van der Waals surface area contributed by atoms with Gasteiger partial charge in [0.25, 0.3) is 0 Å². The number of hydrogen-bond donors (Lipinski definition) is 2. The van der Waals surface area contributed by atoms with E-state index >= 15 is 0 Å². The number of guanidine groups is 1. The molecule has 0 bridgehead atoms. The number of nitrogens with one attached hydrogen (secondary N) is 2. The number of ether oxygens (including phenoxy) is 2. The van der Waals surface area contributed by atoms with Crippen molar-refractivity contribution in [2.45, 2.75) is 77.5 Å². The summed E-state index contributed by atoms with van der Waals surface area (Å²) in [5.41, 5.74) is 1.92. The lowest BCUT2D eigenvalue weighted by Gasteiger charge is -2.35. The number of halogens is 1. The fourth-order valence-electron chi connectivity index (χ4n) is 4.21. The molecule has 1 unspecified atom stereocenters. The summed E-state index contributed by atoms with van der Waals surface area (Å²) >= 11 is 0. The maximum absolute atomic E-state index is 11.9. The van der Waals surface area contributed by atoms with Crippen LogP contribution < -0.4 is 10.6 Å². The molecule has 2 aliphatic rings. The van der Waals surface area contributed by atoms with Gasteiger partial charge < -0.3 is 25.0 Å². The Labute approximate surface area is 216 Å². The summed E-state index contributed by atoms with van der Waals surface area (Å²) in [7, 11) is 0. The first-order chi connectivity index (χ1) is 15.7. The molecule has 0 spiro atoms. The fraction of sp³-hybridized carbons (Fsp3) is 0.680. The number of carbonyl (C=O) groups is 1. The van der Waals surface area contributed by atoms with E-state index in [9.17, 15) is 4.79 Å². The van der Waals surface area contributed by atoms with E-state index in [0.29, 0.717) is 19.1 Å². The highest BCUT2D eigenvalue weighted by molar-refractivity contribution is 14.0. The number of anilines is 1. The van der Waals surface area contributed by atoms with E-state index in [1.54, 1.807) is 0 Å². The summed E-state index contributed by atoms with van der Waals surface area (Å²) in [6.07, 6.45) is 7.55. The Kier molecular flexibility index (Phi) is 13.1. The zero-order chi connectivity index (χ0) is 22.6. The maximum atomic E-state index is 11.9. The molecule has 1 aromatic rings. The fourth-order valence-corrected chi connectivity index (χ4v) is 4.21. The van der Waals surface area contributed by atoms with E-state index in [-0.39, 0.29) is 36.0 Å². The standard InChI is InChI=1S/C25H40N4O3.HI/c1-3-8-24(30)28-21-10-7-9-20(17-21)18-27-25(26-4-2)29-14-12-22(13-15-29)32-19-23-11-5-6-16-31-23;/h7,9-10,17,22-23H,3-6,8,11-16,18-19H2,1-2H3,(H,26,27)(H,28,30);1H. The van der Waals surface area contributed by atoms with Crippen molar-refractivity contribution >= 4 is 41.5 Å². The molecule has 2 N–H and O–H groups in total. The Hall–Kier alpha value is -1.39. The van der Waals surface area contributed by atoms with E-state index in [0.717, 1.165) is 75.7 Å². The Bertz CT molecular complexity index is 732. The Morgan fingerprint density at radius 1 is 1.21 bits per heavy atom. The smallest absolute Gasteiger partial charge is 0.224 e. The van der Waals surface area contributed by atoms with Gasteiger partial charge >= 0.3 is 0 Å². The van der Waals surface area contributed by atoms with Gasteiger partial charge in [-0.3, -0.25) is 4.79 Å². The second-order valence-corrected chi connectivity index (χ2v) is 8.68. The normalized spacial score (nSPS) is 19.6. The molecule has 2 saturated heterocycles. The molecule has 0 aliphatic carbocycles. The van der Waals surface area contributed by atoms with Crippen molar-refractivity contribution in [2.75, 3.05) is 38.2 Å². The maximum Gasteiger partial charge on any atom is 0.224 e. The van der Waals surface area contributed by atoms with Gasteiger partial charge in [0.2, 0.25) is 5.91 Å². The van der Waals surface area contributed by atoms with E-state index < -0.39 is 0 Å². The largest absolute Gasteiger partial charge is 0.376 e. The monoisotopic (exact) mass is 572 g/mol. The van der Waals surface area contributed by atoms with Crippen molar-refractivity contribution in [1.29, 1.82) is 0 Å². The molecule has 7 nitrogen and oxygen atoms in total. The Balaban J connectivity index is 0.00000385. The molecule has 0 aromatic heterocycles. The second kappa shape index (κ2) is 15.5. The summed E-state index contributed by atoms with van der Waals surface area (Å²) in [4.78, 5) is 19.1. The van der Waals surface area contributed by atoms with Crippen molar-refractivity contribution in [2.24, 2.45) is 4.99 Å². The van der Waals surface area contributed by atoms with Gasteiger partial charge in [-0.1, -0.05) is 19.1 Å². The van der Waals surface area contributed by atoms with Gasteiger partial charge in [-0.15, -0.1) is 24.0 Å². The van der Waals surface area contributed by atoms with Crippen molar-refractivity contribution in [1.82, 2.24) is 10.2 Å². The van der Waals surface area contributed by atoms with Gasteiger partial charge in [-0.05, 0) is 63.1 Å². The van der Waals surface area contributed by atoms with E-state index in [2.05, 4.69) is 28.5 Å². The molecular formula is C25H41IN4O3. The van der Waals surface area contributed by atoms with Crippen LogP contribution in [-0.4, -0.2) is 61.8 Å². The predicted octanol–water partition coefficient (Wildman–Crippen LogP) is 4.56. The first-order valence-electron chi connectivity index (χ1n) is 12.3. The number of hydrogen-bond acceptors (Lipinski definition) is 4. The van der Waals surface area contributed by atoms with Crippen LogP contribution in [0.15, 0.2) is 29.3 Å². The van der Waals surface area contributed by atoms with Crippen LogP contribution in [-0.2, 0) is 20.8 Å². The van der Waals surface area contributed by atoms with Gasteiger partial charge in [0.05, 0.1) is 25.4 Å². The lowest BCUT2D eigenvalue weighted by atomic mass is 10.1. The van der Waals surface area contributed by atoms with Crippen LogP contribution in [0.1, 0.15) is 64.4 Å². The van der Waals surface area contributed by atoms with Gasteiger partial charge in [0.15, 0.2) is 5.96 Å². The Morgan fingerprint density at radius 2 is 2.03 bits per heavy atom. The Morgan fingerprint density at radius 3 is 2.73 bits per heavy atom. The molecular weight excluding hydrogens is 531 g/mol. The van der Waals surface area contributed by atoms with E-state index in [1.165, 1.54) is 12.8 Å². The van der Waals surface area contributed by atoms with Crippen LogP contribution in [0.4, 0.5) is 5.69 Å². The molecule has 2 fully saturated rings. The molecule has 1 amide bonds. The summed E-state index contributed by atoms with van der Waals surface area (Å²) in [5.74, 6) is 1.00. The van der Waals surface area contributed by atoms with Gasteiger partial charge in [0, 0.05) is 38.3 Å². The lowest BCUT2D eigenvalue weighted by molar-refractivity contribution is -0.116.